The number of benzene rings is 1. The van der Waals surface area contributed by atoms with E-state index < -0.39 is 6.43 Å². The zero-order valence-electron chi connectivity index (χ0n) is 9.13. The maximum Gasteiger partial charge on any atom is 0.242 e. The van der Waals surface area contributed by atoms with Crippen molar-refractivity contribution in [1.29, 1.82) is 0 Å². The molecule has 0 amide bonds. The molecule has 0 heterocycles. The van der Waals surface area contributed by atoms with Crippen LogP contribution in [0.1, 0.15) is 18.1 Å². The summed E-state index contributed by atoms with van der Waals surface area (Å²) in [5.41, 5.74) is 1.88. The van der Waals surface area contributed by atoms with Crippen LogP contribution in [0.25, 0.3) is 0 Å². The molecule has 84 valence electrons. The topological polar surface area (TPSA) is 12.0 Å². The minimum atomic E-state index is -2.26. The summed E-state index contributed by atoms with van der Waals surface area (Å²) in [4.78, 5) is 0. The fourth-order valence-corrected chi connectivity index (χ4v) is 1.45. The second-order valence-electron chi connectivity index (χ2n) is 3.81. The van der Waals surface area contributed by atoms with E-state index >= 15 is 0 Å². The summed E-state index contributed by atoms with van der Waals surface area (Å²) in [5.74, 6) is 0. The van der Waals surface area contributed by atoms with E-state index in [9.17, 15) is 8.78 Å². The number of likely N-dealkylation sites (N-methyl/N-ethyl adjacent to an activating group) is 1. The number of nitrogens with one attached hydrogen (secondary N) is 1. The van der Waals surface area contributed by atoms with Crippen LogP contribution in [0.2, 0.25) is 0 Å². The van der Waals surface area contributed by atoms with Gasteiger partial charge in [-0.1, -0.05) is 24.3 Å². The molecule has 0 aliphatic heterocycles. The van der Waals surface area contributed by atoms with Crippen LogP contribution in [-0.2, 0) is 12.8 Å². The van der Waals surface area contributed by atoms with Crippen molar-refractivity contribution in [2.75, 3.05) is 7.05 Å². The zero-order valence-corrected chi connectivity index (χ0v) is 9.13. The third-order valence-corrected chi connectivity index (χ3v) is 2.45. The van der Waals surface area contributed by atoms with Gasteiger partial charge in [0.1, 0.15) is 0 Å². The molecule has 1 unspecified atom stereocenters. The molecule has 1 aromatic rings. The molecule has 0 saturated carbocycles. The maximum absolute atomic E-state index is 12.1. The Kier molecular flexibility index (Phi) is 4.69. The predicted octanol–water partition coefficient (Wildman–Crippen LogP) is 2.64. The Hall–Kier alpha value is -0.960. The number of alkyl halides is 2. The highest BCUT2D eigenvalue weighted by Gasteiger charge is 2.05. The lowest BCUT2D eigenvalue weighted by Crippen LogP contribution is -2.23. The normalized spacial score (nSPS) is 13.1. The molecule has 0 fully saturated rings. The van der Waals surface area contributed by atoms with Crippen LogP contribution in [-0.4, -0.2) is 19.5 Å². The second kappa shape index (κ2) is 5.81. The van der Waals surface area contributed by atoms with Crippen molar-refractivity contribution < 1.29 is 8.78 Å². The minimum Gasteiger partial charge on any atom is -0.317 e. The van der Waals surface area contributed by atoms with Gasteiger partial charge in [-0.25, -0.2) is 8.78 Å². The van der Waals surface area contributed by atoms with Gasteiger partial charge in [-0.15, -0.1) is 0 Å². The molecule has 0 aromatic heterocycles. The molecule has 1 N–H and O–H groups in total. The van der Waals surface area contributed by atoms with Crippen LogP contribution >= 0.6 is 0 Å². The first-order valence-corrected chi connectivity index (χ1v) is 5.15. The maximum atomic E-state index is 12.1. The van der Waals surface area contributed by atoms with E-state index in [1.165, 1.54) is 5.56 Å². The van der Waals surface area contributed by atoms with Crippen molar-refractivity contribution in [3.8, 4) is 0 Å². The molecule has 15 heavy (non-hydrogen) atoms. The smallest absolute Gasteiger partial charge is 0.242 e. The van der Waals surface area contributed by atoms with Crippen molar-refractivity contribution >= 4 is 0 Å². The van der Waals surface area contributed by atoms with E-state index in [0.29, 0.717) is 11.6 Å². The van der Waals surface area contributed by atoms with E-state index in [2.05, 4.69) is 12.2 Å². The Morgan fingerprint density at radius 2 is 1.53 bits per heavy atom. The molecule has 1 nitrogen and oxygen atoms in total. The van der Waals surface area contributed by atoms with E-state index in [-0.39, 0.29) is 6.42 Å². The van der Waals surface area contributed by atoms with Gasteiger partial charge in [-0.05, 0) is 31.5 Å². The third kappa shape index (κ3) is 4.38. The fraction of sp³-hybridized carbons (Fsp3) is 0.500. The van der Waals surface area contributed by atoms with Gasteiger partial charge in [0.15, 0.2) is 0 Å². The van der Waals surface area contributed by atoms with Gasteiger partial charge in [0.05, 0.1) is 0 Å². The molecule has 3 heteroatoms. The lowest BCUT2D eigenvalue weighted by atomic mass is 10.0. The van der Waals surface area contributed by atoms with Crippen LogP contribution < -0.4 is 5.32 Å². The fourth-order valence-electron chi connectivity index (χ4n) is 1.45. The molecule has 1 rings (SSSR count). The van der Waals surface area contributed by atoms with Crippen LogP contribution in [0.5, 0.6) is 0 Å². The Morgan fingerprint density at radius 1 is 1.07 bits per heavy atom. The second-order valence-corrected chi connectivity index (χ2v) is 3.81. The Labute approximate surface area is 89.5 Å². The summed E-state index contributed by atoms with van der Waals surface area (Å²) >= 11 is 0. The van der Waals surface area contributed by atoms with E-state index in [1.54, 1.807) is 12.1 Å². The van der Waals surface area contributed by atoms with Gasteiger partial charge < -0.3 is 5.32 Å². The van der Waals surface area contributed by atoms with E-state index in [0.717, 1.165) is 6.42 Å². The average Bonchev–Trinajstić information content (AvgIpc) is 2.20. The van der Waals surface area contributed by atoms with Crippen molar-refractivity contribution in [3.05, 3.63) is 35.4 Å². The number of hydrogen-bond donors (Lipinski definition) is 1. The molecule has 0 spiro atoms. The van der Waals surface area contributed by atoms with E-state index in [1.807, 2.05) is 19.2 Å². The van der Waals surface area contributed by atoms with Crippen LogP contribution in [0, 0.1) is 0 Å². The standard InChI is InChI=1S/C12H17F2N/c1-9(15-2)7-10-3-5-11(6-4-10)8-12(13)14/h3-6,9,12,15H,7-8H2,1-2H3. The Morgan fingerprint density at radius 3 is 1.93 bits per heavy atom. The first-order valence-electron chi connectivity index (χ1n) is 5.15. The molecular formula is C12H17F2N. The highest BCUT2D eigenvalue weighted by molar-refractivity contribution is 5.23. The van der Waals surface area contributed by atoms with Gasteiger partial charge in [-0.3, -0.25) is 0 Å². The largest absolute Gasteiger partial charge is 0.317 e. The highest BCUT2D eigenvalue weighted by atomic mass is 19.3. The van der Waals surface area contributed by atoms with Crippen molar-refractivity contribution in [2.45, 2.75) is 32.2 Å². The highest BCUT2D eigenvalue weighted by Crippen LogP contribution is 2.10. The van der Waals surface area contributed by atoms with Crippen molar-refractivity contribution in [1.82, 2.24) is 5.32 Å². The molecule has 0 aliphatic carbocycles. The number of hydrogen-bond acceptors (Lipinski definition) is 1. The summed E-state index contributed by atoms with van der Waals surface area (Å²) in [6.07, 6.45) is -1.49. The Bertz CT molecular complexity index is 282. The lowest BCUT2D eigenvalue weighted by molar-refractivity contribution is 0.149. The van der Waals surface area contributed by atoms with E-state index in [4.69, 9.17) is 0 Å². The molecule has 0 aliphatic rings. The minimum absolute atomic E-state index is 0.151. The first kappa shape index (κ1) is 12.1. The van der Waals surface area contributed by atoms with Crippen LogP contribution in [0.3, 0.4) is 0 Å². The molecular weight excluding hydrogens is 196 g/mol. The van der Waals surface area contributed by atoms with Crippen molar-refractivity contribution in [3.63, 3.8) is 0 Å². The monoisotopic (exact) mass is 213 g/mol. The molecule has 0 bridgehead atoms. The molecule has 0 saturated heterocycles. The van der Waals surface area contributed by atoms with Gasteiger partial charge in [0, 0.05) is 12.5 Å². The summed E-state index contributed by atoms with van der Waals surface area (Å²) in [6, 6.07) is 7.82. The van der Waals surface area contributed by atoms with Gasteiger partial charge in [0.2, 0.25) is 6.43 Å². The molecule has 0 radical (unpaired) electrons. The summed E-state index contributed by atoms with van der Waals surface area (Å²) in [6.45, 7) is 2.09. The van der Waals surface area contributed by atoms with Crippen molar-refractivity contribution in [2.24, 2.45) is 0 Å². The molecule has 1 aromatic carbocycles. The van der Waals surface area contributed by atoms with Gasteiger partial charge in [0.25, 0.3) is 0 Å². The summed E-state index contributed by atoms with van der Waals surface area (Å²) < 4.78 is 24.2. The predicted molar refractivity (Wildman–Crippen MR) is 58.4 cm³/mol. The van der Waals surface area contributed by atoms with Crippen LogP contribution in [0.15, 0.2) is 24.3 Å². The first-order chi connectivity index (χ1) is 7.11. The number of halogens is 2. The molecule has 1 atom stereocenters. The summed E-state index contributed by atoms with van der Waals surface area (Å²) in [5, 5.41) is 3.14. The van der Waals surface area contributed by atoms with Gasteiger partial charge >= 0.3 is 0 Å². The third-order valence-electron chi connectivity index (χ3n) is 2.45. The summed E-state index contributed by atoms with van der Waals surface area (Å²) in [7, 11) is 1.91. The zero-order chi connectivity index (χ0) is 11.3. The average molecular weight is 213 g/mol. The van der Waals surface area contributed by atoms with Crippen LogP contribution in [0.4, 0.5) is 8.78 Å². The van der Waals surface area contributed by atoms with Gasteiger partial charge in [-0.2, -0.15) is 0 Å². The quantitative estimate of drug-likeness (QED) is 0.793. The number of rotatable bonds is 5. The SMILES string of the molecule is CNC(C)Cc1ccc(CC(F)F)cc1. The lowest BCUT2D eigenvalue weighted by Gasteiger charge is -2.10. The Balaban J connectivity index is 2.56.